The maximum Gasteiger partial charge on any atom is 0.326 e. The molecule has 1 heterocycles. The van der Waals surface area contributed by atoms with Gasteiger partial charge in [-0.2, -0.15) is 4.99 Å². The molecule has 3 rings (SSSR count). The Bertz CT molecular complexity index is 1210. The zero-order valence-electron chi connectivity index (χ0n) is 16.9. The molecule has 0 saturated heterocycles. The first-order valence-corrected chi connectivity index (χ1v) is 10.3. The number of amides is 1. The molecule has 0 fully saturated rings. The predicted molar refractivity (Wildman–Crippen MR) is 114 cm³/mol. The van der Waals surface area contributed by atoms with Crippen LogP contribution < -0.4 is 4.80 Å². The maximum atomic E-state index is 12.8. The van der Waals surface area contributed by atoms with Gasteiger partial charge in [-0.05, 0) is 44.0 Å². The van der Waals surface area contributed by atoms with Crippen LogP contribution in [0.4, 0.5) is 5.69 Å². The summed E-state index contributed by atoms with van der Waals surface area (Å²) in [5.41, 5.74) is 2.33. The van der Waals surface area contributed by atoms with Gasteiger partial charge in [0.1, 0.15) is 6.54 Å². The molecular formula is C21H21N3O5S. The van der Waals surface area contributed by atoms with Crippen LogP contribution in [0.3, 0.4) is 0 Å². The highest BCUT2D eigenvalue weighted by Crippen LogP contribution is 2.21. The number of aromatic nitrogens is 1. The second-order valence-electron chi connectivity index (χ2n) is 6.61. The number of ether oxygens (including phenoxy) is 1. The average Bonchev–Trinajstić information content (AvgIpc) is 3.04. The van der Waals surface area contributed by atoms with Gasteiger partial charge in [0.15, 0.2) is 4.80 Å². The molecule has 0 aliphatic carbocycles. The normalized spacial score (nSPS) is 11.6. The van der Waals surface area contributed by atoms with Crippen molar-refractivity contribution in [2.24, 2.45) is 4.99 Å². The minimum Gasteiger partial charge on any atom is -0.465 e. The Hall–Kier alpha value is -3.33. The lowest BCUT2D eigenvalue weighted by Gasteiger charge is -2.05. The summed E-state index contributed by atoms with van der Waals surface area (Å²) in [6, 6.07) is 10.1. The average molecular weight is 427 g/mol. The van der Waals surface area contributed by atoms with Gasteiger partial charge in [0, 0.05) is 17.2 Å². The SMILES string of the molecule is CCOC(=O)Cn1c(=NC(=O)c2ccc(C)c([N+](=O)[O-])c2)sc2cc(CC)ccc21. The summed E-state index contributed by atoms with van der Waals surface area (Å²) in [5.74, 6) is -1.05. The van der Waals surface area contributed by atoms with Crippen molar-refractivity contribution in [3.63, 3.8) is 0 Å². The number of rotatable bonds is 6. The van der Waals surface area contributed by atoms with Gasteiger partial charge >= 0.3 is 5.97 Å². The van der Waals surface area contributed by atoms with Crippen molar-refractivity contribution >= 4 is 39.1 Å². The number of fused-ring (bicyclic) bond motifs is 1. The van der Waals surface area contributed by atoms with Gasteiger partial charge in [0.2, 0.25) is 0 Å². The highest BCUT2D eigenvalue weighted by molar-refractivity contribution is 7.16. The topological polar surface area (TPSA) is 104 Å². The van der Waals surface area contributed by atoms with Crippen LogP contribution in [0.15, 0.2) is 41.4 Å². The number of benzene rings is 2. The van der Waals surface area contributed by atoms with Crippen molar-refractivity contribution in [3.8, 4) is 0 Å². The van der Waals surface area contributed by atoms with Crippen molar-refractivity contribution in [2.75, 3.05) is 6.61 Å². The largest absolute Gasteiger partial charge is 0.465 e. The molecule has 9 heteroatoms. The molecule has 0 N–H and O–H groups in total. The fourth-order valence-corrected chi connectivity index (χ4v) is 4.09. The van der Waals surface area contributed by atoms with E-state index in [-0.39, 0.29) is 24.4 Å². The highest BCUT2D eigenvalue weighted by atomic mass is 32.1. The fraction of sp³-hybridized carbons (Fsp3) is 0.286. The number of carbonyl (C=O) groups is 2. The van der Waals surface area contributed by atoms with E-state index in [1.807, 2.05) is 25.1 Å². The Morgan fingerprint density at radius 1 is 1.20 bits per heavy atom. The van der Waals surface area contributed by atoms with E-state index >= 15 is 0 Å². The van der Waals surface area contributed by atoms with Crippen LogP contribution >= 0.6 is 11.3 Å². The van der Waals surface area contributed by atoms with Crippen molar-refractivity contribution < 1.29 is 19.2 Å². The number of aryl methyl sites for hydroxylation is 2. The van der Waals surface area contributed by atoms with Crippen molar-refractivity contribution in [1.82, 2.24) is 4.57 Å². The minimum atomic E-state index is -0.613. The number of nitrogens with zero attached hydrogens (tertiary/aromatic N) is 3. The molecule has 3 aromatic rings. The van der Waals surface area contributed by atoms with Crippen LogP contribution in [0.5, 0.6) is 0 Å². The molecule has 0 saturated carbocycles. The molecule has 30 heavy (non-hydrogen) atoms. The van der Waals surface area contributed by atoms with Gasteiger partial charge in [0.05, 0.1) is 21.7 Å². The van der Waals surface area contributed by atoms with Crippen LogP contribution in [-0.4, -0.2) is 28.0 Å². The Labute approximate surface area is 176 Å². The van der Waals surface area contributed by atoms with E-state index in [9.17, 15) is 19.7 Å². The number of carbonyl (C=O) groups excluding carboxylic acids is 2. The quantitative estimate of drug-likeness (QED) is 0.338. The first-order valence-electron chi connectivity index (χ1n) is 9.46. The van der Waals surface area contributed by atoms with E-state index in [0.29, 0.717) is 10.4 Å². The molecule has 1 amide bonds. The summed E-state index contributed by atoms with van der Waals surface area (Å²) in [5, 5.41) is 11.2. The number of esters is 1. The van der Waals surface area contributed by atoms with Gasteiger partial charge < -0.3 is 9.30 Å². The third-order valence-electron chi connectivity index (χ3n) is 4.60. The van der Waals surface area contributed by atoms with Crippen molar-refractivity contribution in [2.45, 2.75) is 33.7 Å². The predicted octanol–water partition coefficient (Wildman–Crippen LogP) is 3.79. The molecule has 8 nitrogen and oxygen atoms in total. The molecule has 2 aromatic carbocycles. The van der Waals surface area contributed by atoms with Crippen LogP contribution in [0.2, 0.25) is 0 Å². The Morgan fingerprint density at radius 3 is 2.63 bits per heavy atom. The second-order valence-corrected chi connectivity index (χ2v) is 7.62. The standard InChI is InChI=1S/C21H21N3O5S/c1-4-14-7-9-16-18(10-14)30-21(23(16)12-19(25)29-5-2)22-20(26)15-8-6-13(3)17(11-15)24(27)28/h6-11H,4-5,12H2,1-3H3. The summed E-state index contributed by atoms with van der Waals surface area (Å²) in [4.78, 5) is 40.0. The summed E-state index contributed by atoms with van der Waals surface area (Å²) >= 11 is 1.28. The van der Waals surface area contributed by atoms with Gasteiger partial charge in [-0.25, -0.2) is 0 Å². The second kappa shape index (κ2) is 9.00. The molecule has 1 aromatic heterocycles. The zero-order chi connectivity index (χ0) is 21.8. The zero-order valence-corrected chi connectivity index (χ0v) is 17.7. The molecule has 0 atom stereocenters. The lowest BCUT2D eigenvalue weighted by atomic mass is 10.1. The maximum absolute atomic E-state index is 12.8. The molecule has 0 spiro atoms. The molecule has 156 valence electrons. The molecule has 0 radical (unpaired) electrons. The van der Waals surface area contributed by atoms with E-state index in [1.54, 1.807) is 18.4 Å². The molecule has 0 unspecified atom stereocenters. The van der Waals surface area contributed by atoms with Gasteiger partial charge in [-0.3, -0.25) is 19.7 Å². The van der Waals surface area contributed by atoms with Gasteiger partial charge in [0.25, 0.3) is 11.6 Å². The number of hydrogen-bond donors (Lipinski definition) is 0. The lowest BCUT2D eigenvalue weighted by Crippen LogP contribution is -2.23. The first-order chi connectivity index (χ1) is 14.3. The minimum absolute atomic E-state index is 0.0839. The Balaban J connectivity index is 2.12. The number of nitro benzene ring substituents is 1. The number of thiazole rings is 1. The van der Waals surface area contributed by atoms with E-state index in [0.717, 1.165) is 22.2 Å². The van der Waals surface area contributed by atoms with E-state index in [2.05, 4.69) is 4.99 Å². The van der Waals surface area contributed by atoms with Crippen LogP contribution in [0.1, 0.15) is 35.3 Å². The molecule has 0 bridgehead atoms. The monoisotopic (exact) mass is 427 g/mol. The number of nitro groups is 1. The van der Waals surface area contributed by atoms with Crippen LogP contribution in [-0.2, 0) is 22.5 Å². The first kappa shape index (κ1) is 21.4. The smallest absolute Gasteiger partial charge is 0.326 e. The lowest BCUT2D eigenvalue weighted by molar-refractivity contribution is -0.385. The Morgan fingerprint density at radius 2 is 1.97 bits per heavy atom. The molecular weight excluding hydrogens is 406 g/mol. The molecule has 0 aliphatic rings. The highest BCUT2D eigenvalue weighted by Gasteiger charge is 2.16. The van der Waals surface area contributed by atoms with Crippen molar-refractivity contribution in [1.29, 1.82) is 0 Å². The summed E-state index contributed by atoms with van der Waals surface area (Å²) in [7, 11) is 0. The van der Waals surface area contributed by atoms with Gasteiger partial charge in [-0.15, -0.1) is 0 Å². The van der Waals surface area contributed by atoms with E-state index < -0.39 is 16.8 Å². The molecule has 0 aliphatic heterocycles. The van der Waals surface area contributed by atoms with Crippen LogP contribution in [0, 0.1) is 17.0 Å². The summed E-state index contributed by atoms with van der Waals surface area (Å²) < 4.78 is 7.58. The van der Waals surface area contributed by atoms with Gasteiger partial charge in [-0.1, -0.05) is 30.4 Å². The fourth-order valence-electron chi connectivity index (χ4n) is 3.00. The van der Waals surface area contributed by atoms with E-state index in [1.165, 1.54) is 29.5 Å². The summed E-state index contributed by atoms with van der Waals surface area (Å²) in [6.07, 6.45) is 0.851. The van der Waals surface area contributed by atoms with Crippen molar-refractivity contribution in [3.05, 3.63) is 68.0 Å². The summed E-state index contributed by atoms with van der Waals surface area (Å²) in [6.45, 7) is 5.54. The third-order valence-corrected chi connectivity index (χ3v) is 5.64. The van der Waals surface area contributed by atoms with Crippen LogP contribution in [0.25, 0.3) is 10.2 Å². The third kappa shape index (κ3) is 4.46. The number of hydrogen-bond acceptors (Lipinski definition) is 6. The Kier molecular flexibility index (Phi) is 6.41. The van der Waals surface area contributed by atoms with E-state index in [4.69, 9.17) is 4.74 Å².